The number of nitrogens with zero attached hydrogens (tertiary/aromatic N) is 2. The fourth-order valence-corrected chi connectivity index (χ4v) is 1.01. The molecular formula is C10H13N3O. The number of hydrogen-bond acceptors (Lipinski definition) is 3. The van der Waals surface area contributed by atoms with Crippen LogP contribution in [0.25, 0.3) is 0 Å². The van der Waals surface area contributed by atoms with E-state index in [9.17, 15) is 4.79 Å². The number of carbonyl (C=O) groups excluding carboxylic acids is 1. The largest absolute Gasteiger partial charge is 0.347 e. The minimum atomic E-state index is -0.194. The number of amides is 1. The molecule has 0 atom stereocenters. The molecule has 1 amide bonds. The molecule has 1 heterocycles. The van der Waals surface area contributed by atoms with Gasteiger partial charge in [-0.05, 0) is 25.5 Å². The highest BCUT2D eigenvalue weighted by molar-refractivity contribution is 5.86. The van der Waals surface area contributed by atoms with Gasteiger partial charge in [0.25, 0.3) is 0 Å². The minimum Gasteiger partial charge on any atom is -0.347 e. The molecule has 0 aliphatic heterocycles. The van der Waals surface area contributed by atoms with Gasteiger partial charge in [0.15, 0.2) is 0 Å². The molecule has 0 spiro atoms. The summed E-state index contributed by atoms with van der Waals surface area (Å²) in [5.41, 5.74) is 2.78. The maximum absolute atomic E-state index is 10.9. The molecule has 0 radical (unpaired) electrons. The number of nitrogens with one attached hydrogen (secondary N) is 1. The highest BCUT2D eigenvalue weighted by Gasteiger charge is 2.03. The molecule has 4 nitrogen and oxygen atoms in total. The summed E-state index contributed by atoms with van der Waals surface area (Å²) in [6, 6.07) is 0. The fourth-order valence-electron chi connectivity index (χ4n) is 1.01. The molecule has 1 N–H and O–H groups in total. The smallest absolute Gasteiger partial charge is 0.243 e. The Hall–Kier alpha value is -1.71. The maximum atomic E-state index is 10.9. The second-order valence-corrected chi connectivity index (χ2v) is 2.95. The Morgan fingerprint density at radius 1 is 1.57 bits per heavy atom. The summed E-state index contributed by atoms with van der Waals surface area (Å²) >= 11 is 0. The molecule has 1 aromatic heterocycles. The molecular weight excluding hydrogens is 178 g/mol. The Morgan fingerprint density at radius 2 is 2.29 bits per heavy atom. The summed E-state index contributed by atoms with van der Waals surface area (Å²) < 4.78 is 0. The van der Waals surface area contributed by atoms with E-state index in [2.05, 4.69) is 21.9 Å². The fraction of sp³-hybridized carbons (Fsp3) is 0.300. The van der Waals surface area contributed by atoms with Crippen molar-refractivity contribution in [3.63, 3.8) is 0 Å². The molecule has 0 aliphatic carbocycles. The van der Waals surface area contributed by atoms with Gasteiger partial charge < -0.3 is 5.32 Å². The summed E-state index contributed by atoms with van der Waals surface area (Å²) in [6.07, 6.45) is 2.74. The number of hydrogen-bond donors (Lipinski definition) is 1. The van der Waals surface area contributed by atoms with Crippen LogP contribution in [0.5, 0.6) is 0 Å². The molecule has 1 aromatic rings. The summed E-state index contributed by atoms with van der Waals surface area (Å²) in [7, 11) is 0. The van der Waals surface area contributed by atoms with Crippen molar-refractivity contribution >= 4 is 5.91 Å². The highest BCUT2D eigenvalue weighted by Crippen LogP contribution is 2.06. The van der Waals surface area contributed by atoms with Gasteiger partial charge in [0.05, 0.1) is 12.2 Å². The first kappa shape index (κ1) is 10.4. The third-order valence-electron chi connectivity index (χ3n) is 2.06. The molecule has 0 bridgehead atoms. The van der Waals surface area contributed by atoms with Gasteiger partial charge in [-0.15, -0.1) is 0 Å². The molecule has 0 aromatic carbocycles. The Labute approximate surface area is 83.1 Å². The van der Waals surface area contributed by atoms with Crippen LogP contribution < -0.4 is 5.32 Å². The Morgan fingerprint density at radius 3 is 2.93 bits per heavy atom. The molecule has 0 saturated heterocycles. The number of rotatable bonds is 3. The maximum Gasteiger partial charge on any atom is 0.243 e. The zero-order valence-corrected chi connectivity index (χ0v) is 8.37. The normalized spacial score (nSPS) is 9.57. The van der Waals surface area contributed by atoms with Crippen molar-refractivity contribution in [3.8, 4) is 0 Å². The van der Waals surface area contributed by atoms with Gasteiger partial charge in [-0.3, -0.25) is 4.79 Å². The van der Waals surface area contributed by atoms with Crippen LogP contribution in [-0.4, -0.2) is 15.9 Å². The van der Waals surface area contributed by atoms with Crippen LogP contribution in [-0.2, 0) is 11.3 Å². The third kappa shape index (κ3) is 2.39. The van der Waals surface area contributed by atoms with E-state index in [-0.39, 0.29) is 5.91 Å². The summed E-state index contributed by atoms with van der Waals surface area (Å²) in [4.78, 5) is 19.0. The zero-order chi connectivity index (χ0) is 10.6. The van der Waals surface area contributed by atoms with Gasteiger partial charge in [0.1, 0.15) is 6.33 Å². The molecule has 0 saturated carbocycles. The standard InChI is InChI=1S/C10H13N3O/c1-4-10(14)11-5-9-7(2)8(3)12-6-13-9/h4,6H,1,5H2,2-3H3,(H,11,14). The lowest BCUT2D eigenvalue weighted by Crippen LogP contribution is -2.21. The van der Waals surface area contributed by atoms with E-state index in [1.165, 1.54) is 12.4 Å². The first-order chi connectivity index (χ1) is 6.65. The van der Waals surface area contributed by atoms with E-state index in [1.807, 2.05) is 13.8 Å². The Bertz CT molecular complexity index is 360. The van der Waals surface area contributed by atoms with Crippen LogP contribution in [0.3, 0.4) is 0 Å². The van der Waals surface area contributed by atoms with Crippen molar-refractivity contribution in [3.05, 3.63) is 35.9 Å². The average Bonchev–Trinajstić information content (AvgIpc) is 2.20. The predicted octanol–water partition coefficient (Wildman–Crippen LogP) is 0.896. The van der Waals surface area contributed by atoms with Crippen LogP contribution in [0.15, 0.2) is 19.0 Å². The van der Waals surface area contributed by atoms with E-state index in [0.717, 1.165) is 17.0 Å². The van der Waals surface area contributed by atoms with Gasteiger partial charge >= 0.3 is 0 Å². The van der Waals surface area contributed by atoms with E-state index in [0.29, 0.717) is 6.54 Å². The van der Waals surface area contributed by atoms with Gasteiger partial charge in [-0.2, -0.15) is 0 Å². The van der Waals surface area contributed by atoms with E-state index >= 15 is 0 Å². The van der Waals surface area contributed by atoms with Crippen LogP contribution in [0, 0.1) is 13.8 Å². The van der Waals surface area contributed by atoms with Gasteiger partial charge in [-0.1, -0.05) is 6.58 Å². The van der Waals surface area contributed by atoms with E-state index in [1.54, 1.807) is 0 Å². The summed E-state index contributed by atoms with van der Waals surface area (Å²) in [6.45, 7) is 7.63. The van der Waals surface area contributed by atoms with Crippen molar-refractivity contribution in [1.29, 1.82) is 0 Å². The van der Waals surface area contributed by atoms with Crippen LogP contribution in [0.2, 0.25) is 0 Å². The highest BCUT2D eigenvalue weighted by atomic mass is 16.1. The van der Waals surface area contributed by atoms with Crippen LogP contribution >= 0.6 is 0 Å². The predicted molar refractivity (Wildman–Crippen MR) is 53.5 cm³/mol. The van der Waals surface area contributed by atoms with Crippen LogP contribution in [0.1, 0.15) is 17.0 Å². The lowest BCUT2D eigenvalue weighted by Gasteiger charge is -2.06. The molecule has 74 valence electrons. The summed E-state index contributed by atoms with van der Waals surface area (Å²) in [5.74, 6) is -0.194. The third-order valence-corrected chi connectivity index (χ3v) is 2.06. The monoisotopic (exact) mass is 191 g/mol. The quantitative estimate of drug-likeness (QED) is 0.722. The number of aryl methyl sites for hydroxylation is 1. The Balaban J connectivity index is 2.72. The lowest BCUT2D eigenvalue weighted by molar-refractivity contribution is -0.116. The molecule has 4 heteroatoms. The summed E-state index contributed by atoms with van der Waals surface area (Å²) in [5, 5.41) is 2.67. The molecule has 0 unspecified atom stereocenters. The van der Waals surface area contributed by atoms with Crippen molar-refractivity contribution in [2.75, 3.05) is 0 Å². The van der Waals surface area contributed by atoms with Gasteiger partial charge in [-0.25, -0.2) is 9.97 Å². The topological polar surface area (TPSA) is 54.9 Å². The Kier molecular flexibility index (Phi) is 3.34. The van der Waals surface area contributed by atoms with Crippen molar-refractivity contribution in [1.82, 2.24) is 15.3 Å². The number of aromatic nitrogens is 2. The minimum absolute atomic E-state index is 0.194. The molecule has 0 aliphatic rings. The molecule has 0 fully saturated rings. The van der Waals surface area contributed by atoms with E-state index in [4.69, 9.17) is 0 Å². The second kappa shape index (κ2) is 4.50. The van der Waals surface area contributed by atoms with Gasteiger partial charge in [0, 0.05) is 5.69 Å². The zero-order valence-electron chi connectivity index (χ0n) is 8.37. The molecule has 1 rings (SSSR count). The molecule has 14 heavy (non-hydrogen) atoms. The first-order valence-corrected chi connectivity index (χ1v) is 4.32. The second-order valence-electron chi connectivity index (χ2n) is 2.95. The SMILES string of the molecule is C=CC(=O)NCc1ncnc(C)c1C. The van der Waals surface area contributed by atoms with E-state index < -0.39 is 0 Å². The van der Waals surface area contributed by atoms with Crippen molar-refractivity contribution < 1.29 is 4.79 Å². The van der Waals surface area contributed by atoms with Crippen molar-refractivity contribution in [2.24, 2.45) is 0 Å². The van der Waals surface area contributed by atoms with Crippen molar-refractivity contribution in [2.45, 2.75) is 20.4 Å². The average molecular weight is 191 g/mol. The first-order valence-electron chi connectivity index (χ1n) is 4.32. The van der Waals surface area contributed by atoms with Crippen LogP contribution in [0.4, 0.5) is 0 Å². The number of carbonyl (C=O) groups is 1. The lowest BCUT2D eigenvalue weighted by atomic mass is 10.2. The van der Waals surface area contributed by atoms with Gasteiger partial charge in [0.2, 0.25) is 5.91 Å².